The fourth-order valence-electron chi connectivity index (χ4n) is 7.47. The predicted octanol–water partition coefficient (Wildman–Crippen LogP) is 4.10. The summed E-state index contributed by atoms with van der Waals surface area (Å²) in [5, 5.41) is 9.21. The molecule has 0 bridgehead atoms. The van der Waals surface area contributed by atoms with Crippen LogP contribution in [-0.2, 0) is 19.1 Å². The third kappa shape index (κ3) is 5.29. The number of benzene rings is 1. The van der Waals surface area contributed by atoms with Gasteiger partial charge in [0.1, 0.15) is 17.4 Å². The van der Waals surface area contributed by atoms with Crippen LogP contribution in [0.25, 0.3) is 0 Å². The van der Waals surface area contributed by atoms with Crippen molar-refractivity contribution in [2.45, 2.75) is 89.5 Å². The molecule has 43 heavy (non-hydrogen) atoms. The molecule has 1 unspecified atom stereocenters. The molecule has 0 saturated carbocycles. The number of carbonyl (C=O) groups is 3. The van der Waals surface area contributed by atoms with Crippen LogP contribution < -0.4 is 9.64 Å². The van der Waals surface area contributed by atoms with Crippen LogP contribution in [0.1, 0.15) is 66.7 Å². The first-order chi connectivity index (χ1) is 20.5. The molecule has 5 atom stereocenters. The Morgan fingerprint density at radius 3 is 2.26 bits per heavy atom. The number of unbranched alkanes of at least 4 members (excludes halogenated alkanes) is 3. The van der Waals surface area contributed by atoms with E-state index in [2.05, 4.69) is 0 Å². The fraction of sp³-hybridized carbons (Fsp3) is 0.618. The number of aliphatic hydroxyl groups excluding tert-OH is 1. The van der Waals surface area contributed by atoms with Crippen molar-refractivity contribution in [2.75, 3.05) is 37.7 Å². The molecule has 0 aliphatic carbocycles. The van der Waals surface area contributed by atoms with Crippen molar-refractivity contribution in [3.63, 3.8) is 0 Å². The van der Waals surface area contributed by atoms with Crippen LogP contribution in [0.4, 0.5) is 5.69 Å². The van der Waals surface area contributed by atoms with Gasteiger partial charge < -0.3 is 29.3 Å². The predicted molar refractivity (Wildman–Crippen MR) is 165 cm³/mol. The van der Waals surface area contributed by atoms with Crippen molar-refractivity contribution in [1.82, 2.24) is 9.80 Å². The molecule has 5 rings (SSSR count). The highest BCUT2D eigenvalue weighted by atomic mass is 16.5. The van der Waals surface area contributed by atoms with Gasteiger partial charge in [0.05, 0.1) is 24.0 Å². The van der Waals surface area contributed by atoms with Gasteiger partial charge in [-0.2, -0.15) is 0 Å². The van der Waals surface area contributed by atoms with Crippen molar-refractivity contribution in [3.8, 4) is 5.75 Å². The van der Waals surface area contributed by atoms with Crippen LogP contribution >= 0.6 is 0 Å². The summed E-state index contributed by atoms with van der Waals surface area (Å²) in [5.74, 6) is -1.43. The van der Waals surface area contributed by atoms with E-state index in [0.717, 1.165) is 24.3 Å². The second-order valence-electron chi connectivity index (χ2n) is 13.1. The van der Waals surface area contributed by atoms with Crippen LogP contribution in [0, 0.1) is 11.8 Å². The highest BCUT2D eigenvalue weighted by Gasteiger charge is 2.75. The molecule has 0 aromatic heterocycles. The Bertz CT molecular complexity index is 1270. The minimum Gasteiger partial charge on any atom is -0.494 e. The first-order valence-corrected chi connectivity index (χ1v) is 15.9. The average molecular weight is 594 g/mol. The number of rotatable bonds is 10. The van der Waals surface area contributed by atoms with E-state index >= 15 is 0 Å². The van der Waals surface area contributed by atoms with Gasteiger partial charge in [0.15, 0.2) is 0 Å². The first-order valence-electron chi connectivity index (χ1n) is 15.9. The number of likely N-dealkylation sites (tertiary alicyclic amines) is 1. The minimum absolute atomic E-state index is 0.134. The molecule has 2 saturated heterocycles. The van der Waals surface area contributed by atoms with Gasteiger partial charge in [-0.15, -0.1) is 0 Å². The SMILES string of the molecule is CCOc1ccc(N2CC=C[C@@]3(CC)O[C@]45C=CCN(C(C)(C)C)C(=O)C4N(CCCCCCO)C(=O)[C@@H]5[C@H]3C2=O)cc1. The standard InChI is InChI=1S/C34H47N3O6/c1-6-33-18-12-21-35(24-14-16-25(17-15-24)42-7-2)29(39)26(33)27-30(40)36(20-10-8-9-11-23-38)28-31(41)37(32(3,4)5)22-13-19-34(27,28)43-33/h12-19,26-28,38H,6-11,20-23H2,1-5H3/t26-,27-,28?,33+,34-/m0/s1. The number of amides is 3. The van der Waals surface area contributed by atoms with E-state index in [-0.39, 0.29) is 24.3 Å². The molecule has 4 aliphatic rings. The normalized spacial score (nSPS) is 30.3. The number of fused-ring (bicyclic) bond motifs is 2. The maximum Gasteiger partial charge on any atom is 0.249 e. The van der Waals surface area contributed by atoms with Crippen LogP contribution in [-0.4, -0.2) is 88.3 Å². The smallest absolute Gasteiger partial charge is 0.249 e. The number of aliphatic hydroxyl groups is 1. The van der Waals surface area contributed by atoms with Gasteiger partial charge >= 0.3 is 0 Å². The van der Waals surface area contributed by atoms with E-state index < -0.39 is 34.6 Å². The van der Waals surface area contributed by atoms with Crippen molar-refractivity contribution in [2.24, 2.45) is 11.8 Å². The summed E-state index contributed by atoms with van der Waals surface area (Å²) >= 11 is 0. The van der Waals surface area contributed by atoms with E-state index in [1.807, 2.05) is 88.1 Å². The van der Waals surface area contributed by atoms with Gasteiger partial charge in [-0.1, -0.05) is 44.1 Å². The molecule has 1 aromatic rings. The first kappa shape index (κ1) is 31.3. The number of hydrogen-bond acceptors (Lipinski definition) is 6. The molecule has 3 amide bonds. The Morgan fingerprint density at radius 2 is 1.60 bits per heavy atom. The van der Waals surface area contributed by atoms with Gasteiger partial charge in [0.2, 0.25) is 17.7 Å². The van der Waals surface area contributed by atoms with E-state index in [1.54, 1.807) is 9.80 Å². The maximum absolute atomic E-state index is 14.7. The lowest BCUT2D eigenvalue weighted by atomic mass is 9.73. The monoisotopic (exact) mass is 593 g/mol. The zero-order chi connectivity index (χ0) is 31.0. The molecule has 1 spiro atoms. The molecule has 4 heterocycles. The molecule has 9 nitrogen and oxygen atoms in total. The summed E-state index contributed by atoms with van der Waals surface area (Å²) in [6.07, 6.45) is 11.4. The second kappa shape index (κ2) is 12.1. The van der Waals surface area contributed by atoms with Crippen LogP contribution in [0.15, 0.2) is 48.6 Å². The Hall–Kier alpha value is -3.17. The van der Waals surface area contributed by atoms with Gasteiger partial charge in [-0.05, 0) is 71.2 Å². The van der Waals surface area contributed by atoms with E-state index in [9.17, 15) is 19.5 Å². The summed E-state index contributed by atoms with van der Waals surface area (Å²) in [4.78, 5) is 49.0. The number of ether oxygens (including phenoxy) is 2. The summed E-state index contributed by atoms with van der Waals surface area (Å²) < 4.78 is 12.7. The van der Waals surface area contributed by atoms with Crippen LogP contribution in [0.2, 0.25) is 0 Å². The summed E-state index contributed by atoms with van der Waals surface area (Å²) in [7, 11) is 0. The lowest BCUT2D eigenvalue weighted by molar-refractivity contribution is -0.155. The third-order valence-electron chi connectivity index (χ3n) is 9.52. The van der Waals surface area contributed by atoms with Crippen molar-refractivity contribution in [3.05, 3.63) is 48.6 Å². The van der Waals surface area contributed by atoms with Crippen molar-refractivity contribution in [1.29, 1.82) is 0 Å². The van der Waals surface area contributed by atoms with Gasteiger partial charge in [-0.3, -0.25) is 14.4 Å². The largest absolute Gasteiger partial charge is 0.494 e. The molecule has 0 radical (unpaired) electrons. The molecule has 234 valence electrons. The molecule has 4 aliphatic heterocycles. The molecular weight excluding hydrogens is 546 g/mol. The molecular formula is C34H47N3O6. The van der Waals surface area contributed by atoms with E-state index in [0.29, 0.717) is 45.5 Å². The highest BCUT2D eigenvalue weighted by Crippen LogP contribution is 2.59. The Kier molecular flexibility index (Phi) is 8.78. The number of nitrogens with zero attached hydrogens (tertiary/aromatic N) is 3. The zero-order valence-corrected chi connectivity index (χ0v) is 26.3. The van der Waals surface area contributed by atoms with E-state index in [1.165, 1.54) is 0 Å². The zero-order valence-electron chi connectivity index (χ0n) is 26.3. The number of anilines is 1. The van der Waals surface area contributed by atoms with E-state index in [4.69, 9.17) is 9.47 Å². The summed E-state index contributed by atoms with van der Waals surface area (Å²) in [6.45, 7) is 11.7. The Morgan fingerprint density at radius 1 is 0.907 bits per heavy atom. The minimum atomic E-state index is -1.26. The topological polar surface area (TPSA) is 99.6 Å². The highest BCUT2D eigenvalue weighted by molar-refractivity contribution is 6.04. The summed E-state index contributed by atoms with van der Waals surface area (Å²) in [6, 6.07) is 6.58. The number of hydrogen-bond donors (Lipinski definition) is 1. The molecule has 2 fully saturated rings. The van der Waals surface area contributed by atoms with Crippen LogP contribution in [0.5, 0.6) is 5.75 Å². The Balaban J connectivity index is 1.57. The third-order valence-corrected chi connectivity index (χ3v) is 9.52. The van der Waals surface area contributed by atoms with Gasteiger partial charge in [-0.25, -0.2) is 0 Å². The van der Waals surface area contributed by atoms with Crippen molar-refractivity contribution < 1.29 is 29.0 Å². The van der Waals surface area contributed by atoms with Gasteiger partial charge in [0, 0.05) is 37.5 Å². The molecule has 9 heteroatoms. The average Bonchev–Trinajstić information content (AvgIpc) is 3.25. The Labute approximate surface area is 255 Å². The fourth-order valence-corrected chi connectivity index (χ4v) is 7.47. The van der Waals surface area contributed by atoms with Crippen LogP contribution in [0.3, 0.4) is 0 Å². The molecule has 1 N–H and O–H groups in total. The summed E-state index contributed by atoms with van der Waals surface area (Å²) in [5.41, 5.74) is -2.03. The lowest BCUT2D eigenvalue weighted by Crippen LogP contribution is -2.59. The quantitative estimate of drug-likeness (QED) is 0.324. The second-order valence-corrected chi connectivity index (χ2v) is 13.1. The van der Waals surface area contributed by atoms with Crippen molar-refractivity contribution >= 4 is 23.4 Å². The maximum atomic E-state index is 14.7. The number of carbonyl (C=O) groups excluding carboxylic acids is 3. The molecule has 1 aromatic carbocycles. The van der Waals surface area contributed by atoms with Gasteiger partial charge in [0.25, 0.3) is 0 Å². The lowest BCUT2D eigenvalue weighted by Gasteiger charge is -2.41.